The molecule has 3 aromatic rings. The summed E-state index contributed by atoms with van der Waals surface area (Å²) in [4.78, 5) is 21.7. The summed E-state index contributed by atoms with van der Waals surface area (Å²) in [5.74, 6) is 0.189. The molecule has 2 N–H and O–H groups in total. The third kappa shape index (κ3) is 3.85. The van der Waals surface area contributed by atoms with Crippen molar-refractivity contribution in [3.8, 4) is 0 Å². The summed E-state index contributed by atoms with van der Waals surface area (Å²) in [6.45, 7) is 7.24. The van der Waals surface area contributed by atoms with Crippen LogP contribution in [-0.2, 0) is 13.0 Å². The van der Waals surface area contributed by atoms with Gasteiger partial charge in [-0.3, -0.25) is 24.6 Å². The van der Waals surface area contributed by atoms with Crippen LogP contribution < -0.4 is 15.8 Å². The first-order valence-electron chi connectivity index (χ1n) is 10.1. The number of imidazole rings is 1. The molecule has 0 saturated heterocycles. The van der Waals surface area contributed by atoms with E-state index in [1.165, 1.54) is 6.07 Å². The Balaban J connectivity index is 1.51. The number of rotatable bonds is 5. The van der Waals surface area contributed by atoms with E-state index in [0.717, 1.165) is 22.7 Å². The normalized spacial score (nSPS) is 13.9. The second kappa shape index (κ2) is 8.14. The fourth-order valence-electron chi connectivity index (χ4n) is 3.62. The van der Waals surface area contributed by atoms with Crippen molar-refractivity contribution in [1.82, 2.24) is 20.1 Å². The molecule has 0 unspecified atom stereocenters. The lowest BCUT2D eigenvalue weighted by Crippen LogP contribution is -2.46. The van der Waals surface area contributed by atoms with Crippen LogP contribution in [0.1, 0.15) is 41.2 Å². The number of hydrogen-bond donors (Lipinski definition) is 2. The molecule has 0 aliphatic carbocycles. The summed E-state index contributed by atoms with van der Waals surface area (Å²) < 4.78 is 16.5. The zero-order valence-electron chi connectivity index (χ0n) is 17.4. The number of aromatic nitrogens is 2. The molecule has 0 spiro atoms. The van der Waals surface area contributed by atoms with Crippen LogP contribution in [-0.4, -0.2) is 34.2 Å². The molecular formula is C22H25FN6O. The molecule has 2 aromatic heterocycles. The minimum absolute atomic E-state index is 0.223. The number of aliphatic imine (C=N–C) groups is 1. The van der Waals surface area contributed by atoms with Crippen molar-refractivity contribution in [1.29, 1.82) is 0 Å². The lowest BCUT2D eigenvalue weighted by atomic mass is 10.1. The number of fused-ring (bicyclic) bond motifs is 1. The number of anilines is 1. The van der Waals surface area contributed by atoms with Crippen molar-refractivity contribution in [2.45, 2.75) is 33.7 Å². The molecule has 0 atom stereocenters. The van der Waals surface area contributed by atoms with Gasteiger partial charge < -0.3 is 5.32 Å². The van der Waals surface area contributed by atoms with Crippen LogP contribution in [0, 0.1) is 12.7 Å². The molecule has 0 saturated carbocycles. The number of pyridine rings is 1. The zero-order valence-corrected chi connectivity index (χ0v) is 17.4. The first-order valence-corrected chi connectivity index (χ1v) is 10.1. The summed E-state index contributed by atoms with van der Waals surface area (Å²) in [5.41, 5.74) is 7.27. The van der Waals surface area contributed by atoms with Gasteiger partial charge in [-0.1, -0.05) is 19.1 Å². The van der Waals surface area contributed by atoms with Crippen LogP contribution >= 0.6 is 0 Å². The number of nitrogens with one attached hydrogen (secondary N) is 2. The predicted molar refractivity (Wildman–Crippen MR) is 115 cm³/mol. The van der Waals surface area contributed by atoms with Gasteiger partial charge in [0.1, 0.15) is 23.0 Å². The molecule has 8 heteroatoms. The molecule has 1 aliphatic heterocycles. The van der Waals surface area contributed by atoms with Gasteiger partial charge in [-0.25, -0.2) is 9.37 Å². The Morgan fingerprint density at radius 2 is 2.10 bits per heavy atom. The van der Waals surface area contributed by atoms with Crippen LogP contribution in [0.15, 0.2) is 41.5 Å². The highest BCUT2D eigenvalue weighted by atomic mass is 19.1. The van der Waals surface area contributed by atoms with Crippen molar-refractivity contribution in [3.63, 3.8) is 0 Å². The molecular weight excluding hydrogens is 383 g/mol. The van der Waals surface area contributed by atoms with Gasteiger partial charge in [0.2, 0.25) is 0 Å². The van der Waals surface area contributed by atoms with Crippen molar-refractivity contribution in [2.24, 2.45) is 4.99 Å². The zero-order chi connectivity index (χ0) is 21.3. The molecule has 30 heavy (non-hydrogen) atoms. The number of halogens is 1. The van der Waals surface area contributed by atoms with Gasteiger partial charge in [-0.05, 0) is 49.6 Å². The van der Waals surface area contributed by atoms with Gasteiger partial charge in [-0.15, -0.1) is 0 Å². The van der Waals surface area contributed by atoms with Gasteiger partial charge in [-0.2, -0.15) is 0 Å². The Bertz CT molecular complexity index is 1140. The summed E-state index contributed by atoms with van der Waals surface area (Å²) in [6, 6.07) is 8.87. The highest BCUT2D eigenvalue weighted by Gasteiger charge is 2.19. The van der Waals surface area contributed by atoms with E-state index in [9.17, 15) is 9.18 Å². The summed E-state index contributed by atoms with van der Waals surface area (Å²) in [6.07, 6.45) is 2.56. The standard InChI is InChI=1S/C22H25FN6O/c1-4-18-21(28-13-14(2)5-8-20(28)26-18)22(30)25-12-16-6-7-19(17(23)11-16)29-10-9-24-15(3)27-29/h5-8,11,13H,4,9-10,12H2,1-3H3,(H,24,27)(H,25,30). The number of aryl methyl sites for hydroxylation is 2. The molecule has 3 heterocycles. The fraction of sp³-hybridized carbons (Fsp3) is 0.318. The van der Waals surface area contributed by atoms with E-state index in [4.69, 9.17) is 0 Å². The summed E-state index contributed by atoms with van der Waals surface area (Å²) >= 11 is 0. The number of nitrogens with zero attached hydrogens (tertiary/aromatic N) is 4. The molecule has 4 rings (SSSR count). The number of hydrazine groups is 1. The van der Waals surface area contributed by atoms with Gasteiger partial charge in [0.15, 0.2) is 0 Å². The quantitative estimate of drug-likeness (QED) is 0.681. The molecule has 0 bridgehead atoms. The van der Waals surface area contributed by atoms with Crippen molar-refractivity contribution in [2.75, 3.05) is 18.1 Å². The Morgan fingerprint density at radius 1 is 1.27 bits per heavy atom. The van der Waals surface area contributed by atoms with Crippen molar-refractivity contribution in [3.05, 3.63) is 64.9 Å². The highest BCUT2D eigenvalue weighted by Crippen LogP contribution is 2.21. The molecule has 0 radical (unpaired) electrons. The highest BCUT2D eigenvalue weighted by molar-refractivity contribution is 5.94. The van der Waals surface area contributed by atoms with E-state index in [0.29, 0.717) is 36.5 Å². The summed E-state index contributed by atoms with van der Waals surface area (Å²) in [5, 5.41) is 4.65. The molecule has 1 amide bonds. The Labute approximate surface area is 174 Å². The van der Waals surface area contributed by atoms with Gasteiger partial charge in [0.05, 0.1) is 24.5 Å². The van der Waals surface area contributed by atoms with Crippen LogP contribution in [0.3, 0.4) is 0 Å². The number of carbonyl (C=O) groups is 1. The van der Waals surface area contributed by atoms with Crippen LogP contribution in [0.4, 0.5) is 10.1 Å². The third-order valence-corrected chi connectivity index (χ3v) is 5.11. The summed E-state index contributed by atoms with van der Waals surface area (Å²) in [7, 11) is 0. The minimum Gasteiger partial charge on any atom is -0.347 e. The lowest BCUT2D eigenvalue weighted by Gasteiger charge is -2.29. The van der Waals surface area contributed by atoms with E-state index < -0.39 is 0 Å². The number of carbonyl (C=O) groups excluding carboxylic acids is 1. The van der Waals surface area contributed by atoms with Gasteiger partial charge in [0, 0.05) is 12.7 Å². The van der Waals surface area contributed by atoms with Crippen LogP contribution in [0.5, 0.6) is 0 Å². The molecule has 7 nitrogen and oxygen atoms in total. The maximum atomic E-state index is 14.7. The first kappa shape index (κ1) is 19.9. The maximum absolute atomic E-state index is 14.7. The molecule has 1 aliphatic rings. The lowest BCUT2D eigenvalue weighted by molar-refractivity contribution is 0.0944. The van der Waals surface area contributed by atoms with E-state index >= 15 is 0 Å². The van der Waals surface area contributed by atoms with Gasteiger partial charge >= 0.3 is 0 Å². The predicted octanol–water partition coefficient (Wildman–Crippen LogP) is 3.02. The smallest absolute Gasteiger partial charge is 0.270 e. The minimum atomic E-state index is -0.344. The Hall–Kier alpha value is -3.42. The number of hydrogen-bond acceptors (Lipinski definition) is 5. The molecule has 156 valence electrons. The largest absolute Gasteiger partial charge is 0.347 e. The second-order valence-corrected chi connectivity index (χ2v) is 7.39. The van der Waals surface area contributed by atoms with Crippen molar-refractivity contribution < 1.29 is 9.18 Å². The van der Waals surface area contributed by atoms with Crippen LogP contribution in [0.25, 0.3) is 5.65 Å². The topological polar surface area (TPSA) is 74.0 Å². The fourth-order valence-corrected chi connectivity index (χ4v) is 3.62. The van der Waals surface area contributed by atoms with E-state index in [-0.39, 0.29) is 18.3 Å². The average Bonchev–Trinajstić information content (AvgIpc) is 3.10. The maximum Gasteiger partial charge on any atom is 0.270 e. The average molecular weight is 408 g/mol. The van der Waals surface area contributed by atoms with Crippen LogP contribution in [0.2, 0.25) is 0 Å². The number of amides is 1. The number of amidine groups is 1. The second-order valence-electron chi connectivity index (χ2n) is 7.39. The Morgan fingerprint density at radius 3 is 2.83 bits per heavy atom. The van der Waals surface area contributed by atoms with E-state index in [1.54, 1.807) is 11.1 Å². The molecule has 1 aromatic carbocycles. The van der Waals surface area contributed by atoms with E-state index in [2.05, 4.69) is 20.7 Å². The van der Waals surface area contributed by atoms with Gasteiger partial charge in [0.25, 0.3) is 5.91 Å². The monoisotopic (exact) mass is 408 g/mol. The SMILES string of the molecule is CCc1nc2ccc(C)cn2c1C(=O)NCc1ccc(N2CCN=C(C)N2)c(F)c1. The Kier molecular flexibility index (Phi) is 5.39. The number of benzene rings is 1. The first-order chi connectivity index (χ1) is 14.5. The van der Waals surface area contributed by atoms with Crippen molar-refractivity contribution >= 4 is 23.1 Å². The molecule has 0 fully saturated rings. The van der Waals surface area contributed by atoms with E-state index in [1.807, 2.05) is 49.6 Å². The third-order valence-electron chi connectivity index (χ3n) is 5.11.